The summed E-state index contributed by atoms with van der Waals surface area (Å²) in [6, 6.07) is 4.50. The van der Waals surface area contributed by atoms with E-state index in [9.17, 15) is 9.18 Å². The number of carbonyl (C=O) groups excluding carboxylic acids is 1. The summed E-state index contributed by atoms with van der Waals surface area (Å²) in [5, 5.41) is 3.25. The molecule has 3 N–H and O–H groups in total. The van der Waals surface area contributed by atoms with Crippen LogP contribution in [0.3, 0.4) is 0 Å². The fourth-order valence-electron chi connectivity index (χ4n) is 1.94. The summed E-state index contributed by atoms with van der Waals surface area (Å²) in [5.74, 6) is -0.259. The summed E-state index contributed by atoms with van der Waals surface area (Å²) in [6.07, 6.45) is 1.02. The van der Waals surface area contributed by atoms with Crippen molar-refractivity contribution in [3.05, 3.63) is 35.1 Å². The molecule has 4 heteroatoms. The maximum atomic E-state index is 13.6. The number of halogens is 1. The normalized spacial score (nSPS) is 12.7. The third-order valence-corrected chi connectivity index (χ3v) is 2.80. The van der Waals surface area contributed by atoms with Gasteiger partial charge in [-0.1, -0.05) is 13.8 Å². The molecular weight excluding hydrogens is 231 g/mol. The van der Waals surface area contributed by atoms with Gasteiger partial charge >= 0.3 is 0 Å². The Hall–Kier alpha value is -1.42. The predicted octanol–water partition coefficient (Wildman–Crippen LogP) is 2.45. The molecular formula is C14H21FN2O. The second-order valence-electron chi connectivity index (χ2n) is 5.08. The third-order valence-electron chi connectivity index (χ3n) is 2.80. The van der Waals surface area contributed by atoms with Crippen molar-refractivity contribution in [1.82, 2.24) is 5.32 Å². The molecule has 100 valence electrons. The van der Waals surface area contributed by atoms with E-state index in [0.29, 0.717) is 29.6 Å². The quantitative estimate of drug-likeness (QED) is 0.817. The monoisotopic (exact) mass is 252 g/mol. The van der Waals surface area contributed by atoms with Crippen molar-refractivity contribution < 1.29 is 9.18 Å². The van der Waals surface area contributed by atoms with Crippen LogP contribution >= 0.6 is 0 Å². The lowest BCUT2D eigenvalue weighted by Gasteiger charge is -2.16. The first-order valence-corrected chi connectivity index (χ1v) is 6.21. The molecule has 0 aliphatic heterocycles. The average molecular weight is 252 g/mol. The van der Waals surface area contributed by atoms with Crippen LogP contribution in [0, 0.1) is 11.7 Å². The summed E-state index contributed by atoms with van der Waals surface area (Å²) < 4.78 is 13.6. The molecule has 1 amide bonds. The topological polar surface area (TPSA) is 55.1 Å². The van der Waals surface area contributed by atoms with E-state index in [-0.39, 0.29) is 5.82 Å². The lowest BCUT2D eigenvalue weighted by molar-refractivity contribution is 0.1000. The predicted molar refractivity (Wildman–Crippen MR) is 70.7 cm³/mol. The van der Waals surface area contributed by atoms with Gasteiger partial charge in [-0.05, 0) is 37.5 Å². The van der Waals surface area contributed by atoms with Crippen molar-refractivity contribution in [2.24, 2.45) is 11.7 Å². The second-order valence-corrected chi connectivity index (χ2v) is 5.08. The van der Waals surface area contributed by atoms with E-state index in [1.807, 2.05) is 0 Å². The fourth-order valence-corrected chi connectivity index (χ4v) is 1.94. The third kappa shape index (κ3) is 4.45. The molecule has 0 aliphatic rings. The number of nitrogens with two attached hydrogens (primary N) is 1. The lowest BCUT2D eigenvalue weighted by atomic mass is 10.0. The Morgan fingerprint density at radius 2 is 2.06 bits per heavy atom. The molecule has 3 nitrogen and oxygen atoms in total. The minimum atomic E-state index is -0.536. The molecule has 0 aliphatic carbocycles. The highest BCUT2D eigenvalue weighted by molar-refractivity contribution is 5.92. The molecule has 1 unspecified atom stereocenters. The SMILES string of the molecule is CC(C)CC(C)NCc1cc(C(N)=O)ccc1F. The van der Waals surface area contributed by atoms with E-state index in [1.54, 1.807) is 0 Å². The summed E-state index contributed by atoms with van der Waals surface area (Å²) in [6.45, 7) is 6.76. The molecule has 1 aromatic rings. The number of nitrogens with one attached hydrogen (secondary N) is 1. The zero-order chi connectivity index (χ0) is 13.7. The Kier molecular flexibility index (Phi) is 5.28. The van der Waals surface area contributed by atoms with E-state index in [0.717, 1.165) is 6.42 Å². The van der Waals surface area contributed by atoms with Crippen molar-refractivity contribution >= 4 is 5.91 Å². The van der Waals surface area contributed by atoms with Gasteiger partial charge in [-0.3, -0.25) is 4.79 Å². The van der Waals surface area contributed by atoms with Crippen molar-refractivity contribution in [3.63, 3.8) is 0 Å². The van der Waals surface area contributed by atoms with Crippen LogP contribution in [0.15, 0.2) is 18.2 Å². The first-order valence-electron chi connectivity index (χ1n) is 6.21. The molecule has 0 aromatic heterocycles. The molecule has 0 saturated carbocycles. The highest BCUT2D eigenvalue weighted by atomic mass is 19.1. The van der Waals surface area contributed by atoms with Crippen LogP contribution in [0.25, 0.3) is 0 Å². The summed E-state index contributed by atoms with van der Waals surface area (Å²) in [5.41, 5.74) is 5.98. The van der Waals surface area contributed by atoms with Crippen LogP contribution in [0.1, 0.15) is 43.1 Å². The lowest BCUT2D eigenvalue weighted by Crippen LogP contribution is -2.27. The number of benzene rings is 1. The van der Waals surface area contributed by atoms with Gasteiger partial charge in [-0.2, -0.15) is 0 Å². The van der Waals surface area contributed by atoms with E-state index >= 15 is 0 Å². The van der Waals surface area contributed by atoms with Gasteiger partial charge in [0.1, 0.15) is 5.82 Å². The highest BCUT2D eigenvalue weighted by Gasteiger charge is 2.09. The number of carbonyl (C=O) groups is 1. The minimum absolute atomic E-state index is 0.307. The maximum absolute atomic E-state index is 13.6. The molecule has 0 saturated heterocycles. The van der Waals surface area contributed by atoms with Crippen LogP contribution < -0.4 is 11.1 Å². The van der Waals surface area contributed by atoms with Gasteiger partial charge < -0.3 is 11.1 Å². The largest absolute Gasteiger partial charge is 0.366 e. The molecule has 0 fully saturated rings. The van der Waals surface area contributed by atoms with Crippen LogP contribution in [0.2, 0.25) is 0 Å². The van der Waals surface area contributed by atoms with Crippen LogP contribution in [-0.2, 0) is 6.54 Å². The summed E-state index contributed by atoms with van der Waals surface area (Å²) >= 11 is 0. The van der Waals surface area contributed by atoms with Crippen LogP contribution in [-0.4, -0.2) is 11.9 Å². The number of amides is 1. The number of primary amides is 1. The molecule has 18 heavy (non-hydrogen) atoms. The average Bonchev–Trinajstić information content (AvgIpc) is 2.26. The van der Waals surface area contributed by atoms with Crippen molar-refractivity contribution in [1.29, 1.82) is 0 Å². The summed E-state index contributed by atoms with van der Waals surface area (Å²) in [7, 11) is 0. The molecule has 0 radical (unpaired) electrons. The van der Waals surface area contributed by atoms with Crippen LogP contribution in [0.4, 0.5) is 4.39 Å². The van der Waals surface area contributed by atoms with E-state index in [1.165, 1.54) is 18.2 Å². The molecule has 1 atom stereocenters. The standard InChI is InChI=1S/C14H21FN2O/c1-9(2)6-10(3)17-8-12-7-11(14(16)18)4-5-13(12)15/h4-5,7,9-10,17H,6,8H2,1-3H3,(H2,16,18). The Morgan fingerprint density at radius 3 is 2.61 bits per heavy atom. The van der Waals surface area contributed by atoms with Crippen molar-refractivity contribution in [2.45, 2.75) is 39.8 Å². The highest BCUT2D eigenvalue weighted by Crippen LogP contribution is 2.11. The van der Waals surface area contributed by atoms with E-state index < -0.39 is 5.91 Å². The van der Waals surface area contributed by atoms with Crippen molar-refractivity contribution in [3.8, 4) is 0 Å². The first kappa shape index (κ1) is 14.6. The second kappa shape index (κ2) is 6.50. The Morgan fingerprint density at radius 1 is 1.39 bits per heavy atom. The molecule has 1 aromatic carbocycles. The Bertz CT molecular complexity index is 418. The van der Waals surface area contributed by atoms with Gasteiger partial charge in [0.25, 0.3) is 0 Å². The first-order chi connectivity index (χ1) is 8.40. The number of hydrogen-bond donors (Lipinski definition) is 2. The zero-order valence-corrected chi connectivity index (χ0v) is 11.2. The van der Waals surface area contributed by atoms with Gasteiger partial charge in [-0.15, -0.1) is 0 Å². The molecule has 0 spiro atoms. The van der Waals surface area contributed by atoms with Crippen molar-refractivity contribution in [2.75, 3.05) is 0 Å². The zero-order valence-electron chi connectivity index (χ0n) is 11.2. The van der Waals surface area contributed by atoms with Crippen LogP contribution in [0.5, 0.6) is 0 Å². The molecule has 1 rings (SSSR count). The number of rotatable bonds is 6. The van der Waals surface area contributed by atoms with Gasteiger partial charge in [0.15, 0.2) is 0 Å². The van der Waals surface area contributed by atoms with Gasteiger partial charge in [-0.25, -0.2) is 4.39 Å². The summed E-state index contributed by atoms with van der Waals surface area (Å²) in [4.78, 5) is 11.0. The maximum Gasteiger partial charge on any atom is 0.248 e. The fraction of sp³-hybridized carbons (Fsp3) is 0.500. The Labute approximate surface area is 108 Å². The van der Waals surface area contributed by atoms with Gasteiger partial charge in [0.05, 0.1) is 0 Å². The van der Waals surface area contributed by atoms with E-state index in [2.05, 4.69) is 26.1 Å². The minimum Gasteiger partial charge on any atom is -0.366 e. The van der Waals surface area contributed by atoms with Gasteiger partial charge in [0, 0.05) is 23.7 Å². The smallest absolute Gasteiger partial charge is 0.248 e. The van der Waals surface area contributed by atoms with E-state index in [4.69, 9.17) is 5.73 Å². The molecule has 0 bridgehead atoms. The number of hydrogen-bond acceptors (Lipinski definition) is 2. The Balaban J connectivity index is 2.66. The molecule has 0 heterocycles. The van der Waals surface area contributed by atoms with Gasteiger partial charge in [0.2, 0.25) is 5.91 Å².